The molecule has 1 aromatic heterocycles. The van der Waals surface area contributed by atoms with Gasteiger partial charge in [0.05, 0.1) is 36.8 Å². The third-order valence-corrected chi connectivity index (χ3v) is 6.84. The van der Waals surface area contributed by atoms with Crippen molar-refractivity contribution in [2.45, 2.75) is 53.0 Å². The molecule has 0 spiro atoms. The van der Waals surface area contributed by atoms with Gasteiger partial charge in [0.25, 0.3) is 0 Å². The van der Waals surface area contributed by atoms with Crippen molar-refractivity contribution in [3.8, 4) is 0 Å². The van der Waals surface area contributed by atoms with Crippen LogP contribution in [0.1, 0.15) is 48.5 Å². The Bertz CT molecular complexity index is 1190. The number of imidazole rings is 1. The molecule has 0 saturated carbocycles. The number of halogens is 1. The molecule has 180 valence electrons. The maximum atomic E-state index is 13.2. The largest absolute Gasteiger partial charge is 0.463 e. The first-order valence-electron chi connectivity index (χ1n) is 11.6. The van der Waals surface area contributed by atoms with Gasteiger partial charge in [0, 0.05) is 40.9 Å². The van der Waals surface area contributed by atoms with E-state index in [-0.39, 0.29) is 19.0 Å². The molecule has 8 heteroatoms. The lowest BCUT2D eigenvalue weighted by molar-refractivity contribution is -0.138. The molecule has 0 fully saturated rings. The summed E-state index contributed by atoms with van der Waals surface area (Å²) < 4.78 is 13.6. The summed E-state index contributed by atoms with van der Waals surface area (Å²) in [6, 6.07) is 7.33. The Kier molecular flexibility index (Phi) is 7.24. The van der Waals surface area contributed by atoms with Crippen LogP contribution in [0.25, 0.3) is 0 Å². The molecule has 1 aliphatic heterocycles. The number of dihydropyridines is 1. The zero-order valence-corrected chi connectivity index (χ0v) is 20.8. The minimum absolute atomic E-state index is 0.0237. The fraction of sp³-hybridized carbons (Fsp3) is 0.423. The standard InChI is InChI=1S/C26H30ClN3O4/c1-5-34-26(32)25-21(14-33-13-12-30-16(3)15(2)28-17(30)4)29-20-10-11-22(31)24(20)23(25)18-8-6-7-9-19(18)27/h6-9,23,29H,5,10-14H2,1-4H3. The predicted molar refractivity (Wildman–Crippen MR) is 130 cm³/mol. The van der Waals surface area contributed by atoms with Crippen molar-refractivity contribution in [3.63, 3.8) is 0 Å². The Balaban J connectivity index is 1.65. The molecule has 4 rings (SSSR count). The van der Waals surface area contributed by atoms with Crippen LogP contribution in [-0.4, -0.2) is 41.1 Å². The SMILES string of the molecule is CCOC(=O)C1=C(COCCn2c(C)nc(C)c2C)NC2=C(C(=O)CC2)C1c1ccccc1Cl. The molecule has 0 bridgehead atoms. The number of allylic oxidation sites excluding steroid dienone is 2. The lowest BCUT2D eigenvalue weighted by Crippen LogP contribution is -2.33. The minimum Gasteiger partial charge on any atom is -0.463 e. The fourth-order valence-electron chi connectivity index (χ4n) is 4.77. The van der Waals surface area contributed by atoms with Crippen molar-refractivity contribution in [2.75, 3.05) is 19.8 Å². The third kappa shape index (κ3) is 4.55. The average Bonchev–Trinajstić information content (AvgIpc) is 3.29. The highest BCUT2D eigenvalue weighted by molar-refractivity contribution is 6.31. The van der Waals surface area contributed by atoms with Crippen LogP contribution in [0.15, 0.2) is 46.8 Å². The van der Waals surface area contributed by atoms with Crippen molar-refractivity contribution >= 4 is 23.4 Å². The molecular weight excluding hydrogens is 454 g/mol. The third-order valence-electron chi connectivity index (χ3n) is 6.50. The molecule has 7 nitrogen and oxygen atoms in total. The first-order chi connectivity index (χ1) is 16.3. The number of hydrogen-bond acceptors (Lipinski definition) is 6. The van der Waals surface area contributed by atoms with Crippen molar-refractivity contribution in [3.05, 3.63) is 74.6 Å². The summed E-state index contributed by atoms with van der Waals surface area (Å²) in [6.45, 7) is 9.28. The number of aryl methyl sites for hydroxylation is 2. The molecule has 1 unspecified atom stereocenters. The first kappa shape index (κ1) is 24.2. The number of benzene rings is 1. The first-order valence-corrected chi connectivity index (χ1v) is 12.0. The number of esters is 1. The minimum atomic E-state index is -0.585. The van der Waals surface area contributed by atoms with E-state index in [0.717, 1.165) is 22.9 Å². The quantitative estimate of drug-likeness (QED) is 0.445. The second-order valence-electron chi connectivity index (χ2n) is 8.54. The van der Waals surface area contributed by atoms with Crippen LogP contribution < -0.4 is 5.32 Å². The van der Waals surface area contributed by atoms with Gasteiger partial charge in [-0.3, -0.25) is 4.79 Å². The molecule has 1 aliphatic carbocycles. The molecule has 0 saturated heterocycles. The lowest BCUT2D eigenvalue weighted by atomic mass is 9.80. The summed E-state index contributed by atoms with van der Waals surface area (Å²) in [5.74, 6) is -0.0884. The fourth-order valence-corrected chi connectivity index (χ4v) is 5.02. The van der Waals surface area contributed by atoms with Gasteiger partial charge in [0.1, 0.15) is 5.82 Å². The van der Waals surface area contributed by atoms with Crippen molar-refractivity contribution in [1.29, 1.82) is 0 Å². The van der Waals surface area contributed by atoms with Crippen LogP contribution in [0.5, 0.6) is 0 Å². The van der Waals surface area contributed by atoms with Gasteiger partial charge in [-0.25, -0.2) is 9.78 Å². The van der Waals surface area contributed by atoms with Crippen LogP contribution in [-0.2, 0) is 25.6 Å². The number of carbonyl (C=O) groups excluding carboxylic acids is 2. The lowest BCUT2D eigenvalue weighted by Gasteiger charge is -2.30. The molecule has 2 heterocycles. The number of ether oxygens (including phenoxy) is 2. The number of ketones is 1. The summed E-state index contributed by atoms with van der Waals surface area (Å²) in [7, 11) is 0. The number of nitrogens with one attached hydrogen (secondary N) is 1. The van der Waals surface area contributed by atoms with Crippen LogP contribution in [0, 0.1) is 20.8 Å². The molecule has 2 aromatic rings. The molecule has 0 radical (unpaired) electrons. The maximum absolute atomic E-state index is 13.2. The van der Waals surface area contributed by atoms with Crippen LogP contribution in [0.4, 0.5) is 0 Å². The van der Waals surface area contributed by atoms with Crippen LogP contribution in [0.2, 0.25) is 5.02 Å². The van der Waals surface area contributed by atoms with Gasteiger partial charge in [-0.15, -0.1) is 0 Å². The topological polar surface area (TPSA) is 82.4 Å². The predicted octanol–water partition coefficient (Wildman–Crippen LogP) is 4.30. The Hall–Kier alpha value is -2.90. The van der Waals surface area contributed by atoms with E-state index in [1.165, 1.54) is 0 Å². The van der Waals surface area contributed by atoms with Gasteiger partial charge in [-0.05, 0) is 45.7 Å². The summed E-state index contributed by atoms with van der Waals surface area (Å²) in [6.07, 6.45) is 1.00. The van der Waals surface area contributed by atoms with E-state index in [0.29, 0.717) is 53.4 Å². The number of carbonyl (C=O) groups is 2. The van der Waals surface area contributed by atoms with Crippen molar-refractivity contribution in [2.24, 2.45) is 0 Å². The van der Waals surface area contributed by atoms with Gasteiger partial charge in [0.15, 0.2) is 5.78 Å². The Morgan fingerprint density at radius 3 is 2.68 bits per heavy atom. The highest BCUT2D eigenvalue weighted by Crippen LogP contribution is 2.45. The van der Waals surface area contributed by atoms with Gasteiger partial charge >= 0.3 is 5.97 Å². The van der Waals surface area contributed by atoms with Gasteiger partial charge in [-0.2, -0.15) is 0 Å². The molecule has 1 N–H and O–H groups in total. The molecule has 1 aromatic carbocycles. The van der Waals surface area contributed by atoms with Gasteiger partial charge in [-0.1, -0.05) is 29.8 Å². The van der Waals surface area contributed by atoms with E-state index in [1.54, 1.807) is 13.0 Å². The molecule has 1 atom stereocenters. The van der Waals surface area contributed by atoms with E-state index in [1.807, 2.05) is 39.0 Å². The van der Waals surface area contributed by atoms with E-state index < -0.39 is 11.9 Å². The second-order valence-corrected chi connectivity index (χ2v) is 8.95. The summed E-state index contributed by atoms with van der Waals surface area (Å²) >= 11 is 6.55. The van der Waals surface area contributed by atoms with E-state index in [4.69, 9.17) is 21.1 Å². The number of nitrogens with zero attached hydrogens (tertiary/aromatic N) is 2. The smallest absolute Gasteiger partial charge is 0.336 e. The average molecular weight is 484 g/mol. The number of hydrogen-bond donors (Lipinski definition) is 1. The molecular formula is C26H30ClN3O4. The molecule has 34 heavy (non-hydrogen) atoms. The summed E-state index contributed by atoms with van der Waals surface area (Å²) in [5.41, 5.74) is 5.27. The molecule has 2 aliphatic rings. The van der Waals surface area contributed by atoms with E-state index >= 15 is 0 Å². The zero-order chi connectivity index (χ0) is 24.4. The normalized spacial score (nSPS) is 17.8. The van der Waals surface area contributed by atoms with Crippen LogP contribution >= 0.6 is 11.6 Å². The second kappa shape index (κ2) is 10.2. The zero-order valence-electron chi connectivity index (χ0n) is 20.0. The van der Waals surface area contributed by atoms with Crippen molar-refractivity contribution in [1.82, 2.24) is 14.9 Å². The van der Waals surface area contributed by atoms with Gasteiger partial charge < -0.3 is 19.4 Å². The van der Waals surface area contributed by atoms with E-state index in [9.17, 15) is 9.59 Å². The number of rotatable bonds is 8. The van der Waals surface area contributed by atoms with Crippen LogP contribution in [0.3, 0.4) is 0 Å². The highest BCUT2D eigenvalue weighted by atomic mass is 35.5. The Morgan fingerprint density at radius 1 is 1.24 bits per heavy atom. The number of aromatic nitrogens is 2. The summed E-state index contributed by atoms with van der Waals surface area (Å²) in [4.78, 5) is 30.5. The van der Waals surface area contributed by atoms with E-state index in [2.05, 4.69) is 14.9 Å². The Morgan fingerprint density at radius 2 is 2.00 bits per heavy atom. The Labute approximate surface area is 204 Å². The van der Waals surface area contributed by atoms with Crippen molar-refractivity contribution < 1.29 is 19.1 Å². The monoisotopic (exact) mass is 483 g/mol. The number of Topliss-reactive ketones (excluding diaryl/α,β-unsaturated/α-hetero) is 1. The van der Waals surface area contributed by atoms with Gasteiger partial charge in [0.2, 0.25) is 0 Å². The highest BCUT2D eigenvalue weighted by Gasteiger charge is 2.41. The summed E-state index contributed by atoms with van der Waals surface area (Å²) in [5, 5.41) is 3.83. The molecule has 0 amide bonds. The maximum Gasteiger partial charge on any atom is 0.336 e.